The van der Waals surface area contributed by atoms with E-state index in [0.29, 0.717) is 10.8 Å². The van der Waals surface area contributed by atoms with Crippen LogP contribution >= 0.6 is 8.25 Å². The van der Waals surface area contributed by atoms with Crippen molar-refractivity contribution in [3.63, 3.8) is 0 Å². The third-order valence-corrected chi connectivity index (χ3v) is 3.33. The molecule has 2 rings (SSSR count). The lowest BCUT2D eigenvalue weighted by Gasteiger charge is -2.26. The largest absolute Gasteiger partial charge is 0.692 e. The van der Waals surface area contributed by atoms with E-state index in [1.54, 1.807) is 22.3 Å². The molecular formula is C15H24O3P+. The summed E-state index contributed by atoms with van der Waals surface area (Å²) < 4.78 is 8.70. The Morgan fingerprint density at radius 1 is 1.00 bits per heavy atom. The van der Waals surface area contributed by atoms with Gasteiger partial charge in [-0.15, -0.1) is 9.79 Å². The van der Waals surface area contributed by atoms with Crippen LogP contribution in [-0.2, 0) is 4.57 Å². The lowest BCUT2D eigenvalue weighted by molar-refractivity contribution is 0.405. The molecule has 0 aromatic heterocycles. The number of rotatable bonds is 0. The fraction of sp³-hybridized carbons (Fsp3) is 0.600. The Hall–Kier alpha value is -0.760. The highest BCUT2D eigenvalue weighted by atomic mass is 31.1. The van der Waals surface area contributed by atoms with Gasteiger partial charge in [-0.2, -0.15) is 0 Å². The number of hydrogen-bond donors (Lipinski definition) is 2. The summed E-state index contributed by atoms with van der Waals surface area (Å²) in [6.07, 6.45) is 6.03. The summed E-state index contributed by atoms with van der Waals surface area (Å²) >= 11 is 0. The molecule has 0 aromatic rings. The Balaban J connectivity index is 0.000000399. The third kappa shape index (κ3) is 4.10. The Bertz CT molecular complexity index is 479. The first-order chi connectivity index (χ1) is 8.43. The number of fused-ring (bicyclic) bond motifs is 2. The van der Waals surface area contributed by atoms with Gasteiger partial charge in [0.2, 0.25) is 0 Å². The van der Waals surface area contributed by atoms with E-state index in [-0.39, 0.29) is 0 Å². The van der Waals surface area contributed by atoms with Gasteiger partial charge >= 0.3 is 8.25 Å². The van der Waals surface area contributed by atoms with Crippen molar-refractivity contribution in [2.24, 2.45) is 10.8 Å². The quantitative estimate of drug-likeness (QED) is 0.653. The van der Waals surface area contributed by atoms with Gasteiger partial charge in [-0.1, -0.05) is 53.7 Å². The molecule has 4 heteroatoms. The molecule has 0 atom stereocenters. The summed E-state index contributed by atoms with van der Waals surface area (Å²) in [5.74, 6) is 0. The SMILES string of the molecule is CC(C)(C)C1=CC2=C(C(C)(C)C)C=C1C2.O=[P+](O)O. The molecule has 0 radical (unpaired) electrons. The average molecular weight is 283 g/mol. The Kier molecular flexibility index (Phi) is 4.56. The second-order valence-corrected chi connectivity index (χ2v) is 7.60. The minimum atomic E-state index is -2.87. The maximum atomic E-state index is 8.70. The third-order valence-electron chi connectivity index (χ3n) is 3.33. The molecule has 19 heavy (non-hydrogen) atoms. The van der Waals surface area contributed by atoms with Crippen molar-refractivity contribution >= 4 is 8.25 Å². The minimum Gasteiger partial charge on any atom is -0.134 e. The first kappa shape index (κ1) is 16.3. The van der Waals surface area contributed by atoms with E-state index < -0.39 is 8.25 Å². The maximum Gasteiger partial charge on any atom is 0.692 e. The van der Waals surface area contributed by atoms with Crippen molar-refractivity contribution < 1.29 is 14.4 Å². The Morgan fingerprint density at radius 2 is 1.47 bits per heavy atom. The van der Waals surface area contributed by atoms with Gasteiger partial charge in [0, 0.05) is 4.57 Å². The summed E-state index contributed by atoms with van der Waals surface area (Å²) in [6, 6.07) is 0. The predicted octanol–water partition coefficient (Wildman–Crippen LogP) is 4.27. The molecule has 0 aromatic carbocycles. The molecule has 2 bridgehead atoms. The molecule has 0 saturated heterocycles. The molecule has 0 saturated carbocycles. The molecule has 0 unspecified atom stereocenters. The number of hydrogen-bond acceptors (Lipinski definition) is 1. The number of allylic oxidation sites excluding steroid dienone is 6. The normalized spacial score (nSPS) is 17.9. The van der Waals surface area contributed by atoms with E-state index >= 15 is 0 Å². The molecule has 2 aliphatic carbocycles. The highest BCUT2D eigenvalue weighted by Gasteiger charge is 2.33. The smallest absolute Gasteiger partial charge is 0.134 e. The summed E-state index contributed by atoms with van der Waals surface area (Å²) in [7, 11) is -2.87. The van der Waals surface area contributed by atoms with E-state index in [0.717, 1.165) is 0 Å². The van der Waals surface area contributed by atoms with Crippen LogP contribution in [0.3, 0.4) is 0 Å². The molecule has 2 N–H and O–H groups in total. The Morgan fingerprint density at radius 3 is 1.74 bits per heavy atom. The molecule has 0 spiro atoms. The highest BCUT2D eigenvalue weighted by molar-refractivity contribution is 7.30. The molecule has 0 heterocycles. The van der Waals surface area contributed by atoms with E-state index in [1.165, 1.54) is 6.42 Å². The van der Waals surface area contributed by atoms with Gasteiger partial charge in [0.25, 0.3) is 0 Å². The first-order valence-corrected chi connectivity index (χ1v) is 7.61. The lowest BCUT2D eigenvalue weighted by Crippen LogP contribution is -2.12. The van der Waals surface area contributed by atoms with Crippen LogP contribution in [0, 0.1) is 10.8 Å². The van der Waals surface area contributed by atoms with Gasteiger partial charge in [0.05, 0.1) is 0 Å². The van der Waals surface area contributed by atoms with Gasteiger partial charge in [0.15, 0.2) is 0 Å². The Labute approximate surface area is 116 Å². The standard InChI is InChI=1S/C15H22.HO3P/c1-14(2,3)12-8-11-7-10(12)9-13(11)15(4,5)6;1-4(2)3/h8-9H,7H2,1-6H3;(H-,1,2,3)/p+1. The average Bonchev–Trinajstić information content (AvgIpc) is 2.71. The molecular weight excluding hydrogens is 259 g/mol. The van der Waals surface area contributed by atoms with E-state index in [2.05, 4.69) is 53.7 Å². The molecule has 0 amide bonds. The maximum absolute atomic E-state index is 8.70. The van der Waals surface area contributed by atoms with Crippen molar-refractivity contribution in [2.45, 2.75) is 48.0 Å². The van der Waals surface area contributed by atoms with Crippen LogP contribution in [0.5, 0.6) is 0 Å². The van der Waals surface area contributed by atoms with Crippen molar-refractivity contribution in [1.82, 2.24) is 0 Å². The van der Waals surface area contributed by atoms with E-state index in [9.17, 15) is 0 Å². The molecule has 2 aliphatic rings. The van der Waals surface area contributed by atoms with Gasteiger partial charge < -0.3 is 0 Å². The molecule has 0 fully saturated rings. The summed E-state index contributed by atoms with van der Waals surface area (Å²) in [4.78, 5) is 14.2. The van der Waals surface area contributed by atoms with Crippen LogP contribution < -0.4 is 0 Å². The second kappa shape index (κ2) is 5.32. The molecule has 3 nitrogen and oxygen atoms in total. The van der Waals surface area contributed by atoms with Crippen LogP contribution in [-0.4, -0.2) is 9.79 Å². The van der Waals surface area contributed by atoms with Crippen LogP contribution in [0.2, 0.25) is 0 Å². The zero-order chi connectivity index (χ0) is 15.0. The van der Waals surface area contributed by atoms with Gasteiger partial charge in [0.1, 0.15) is 0 Å². The molecule has 0 aliphatic heterocycles. The van der Waals surface area contributed by atoms with Crippen molar-refractivity contribution in [1.29, 1.82) is 0 Å². The fourth-order valence-corrected chi connectivity index (χ4v) is 2.58. The van der Waals surface area contributed by atoms with E-state index in [1.807, 2.05) is 0 Å². The fourth-order valence-electron chi connectivity index (χ4n) is 2.58. The van der Waals surface area contributed by atoms with Crippen LogP contribution in [0.4, 0.5) is 0 Å². The zero-order valence-electron chi connectivity index (χ0n) is 12.6. The van der Waals surface area contributed by atoms with Gasteiger partial charge in [-0.3, -0.25) is 0 Å². The highest BCUT2D eigenvalue weighted by Crippen LogP contribution is 2.49. The summed E-state index contributed by atoms with van der Waals surface area (Å²) in [5, 5.41) is 0. The van der Waals surface area contributed by atoms with E-state index in [4.69, 9.17) is 14.4 Å². The minimum absolute atomic E-state index is 0.303. The molecule has 106 valence electrons. The first-order valence-electron chi connectivity index (χ1n) is 6.44. The van der Waals surface area contributed by atoms with Crippen molar-refractivity contribution in [3.05, 3.63) is 34.4 Å². The predicted molar refractivity (Wildman–Crippen MR) is 78.8 cm³/mol. The van der Waals surface area contributed by atoms with Crippen molar-refractivity contribution in [2.75, 3.05) is 0 Å². The van der Waals surface area contributed by atoms with Crippen molar-refractivity contribution in [3.8, 4) is 0 Å². The van der Waals surface area contributed by atoms with Crippen LogP contribution in [0.1, 0.15) is 48.0 Å². The van der Waals surface area contributed by atoms with Crippen LogP contribution in [0.25, 0.3) is 0 Å². The van der Waals surface area contributed by atoms with Gasteiger partial charge in [-0.25, -0.2) is 0 Å². The summed E-state index contributed by atoms with van der Waals surface area (Å²) in [5.41, 5.74) is 6.81. The second-order valence-electron chi connectivity index (χ2n) is 7.10. The van der Waals surface area contributed by atoms with Crippen LogP contribution in [0.15, 0.2) is 34.4 Å². The lowest BCUT2D eigenvalue weighted by atomic mass is 9.79. The monoisotopic (exact) mass is 283 g/mol. The summed E-state index contributed by atoms with van der Waals surface area (Å²) in [6.45, 7) is 13.8. The van der Waals surface area contributed by atoms with Gasteiger partial charge in [-0.05, 0) is 39.5 Å². The topological polar surface area (TPSA) is 57.5 Å². The zero-order valence-corrected chi connectivity index (χ0v) is 13.5.